The minimum absolute atomic E-state index is 0.758. The fourth-order valence-corrected chi connectivity index (χ4v) is 1.67. The summed E-state index contributed by atoms with van der Waals surface area (Å²) >= 11 is 0. The van der Waals surface area contributed by atoms with Crippen LogP contribution in [0.1, 0.15) is 25.8 Å². The molecule has 0 saturated heterocycles. The van der Waals surface area contributed by atoms with E-state index in [1.165, 1.54) is 17.7 Å². The number of para-hydroxylation sites is 1. The third-order valence-corrected chi connectivity index (χ3v) is 2.54. The maximum absolute atomic E-state index is 3.52. The van der Waals surface area contributed by atoms with Gasteiger partial charge in [-0.25, -0.2) is 0 Å². The molecule has 0 amide bonds. The lowest BCUT2D eigenvalue weighted by atomic mass is 10.1. The van der Waals surface area contributed by atoms with Gasteiger partial charge in [-0.15, -0.1) is 0 Å². The first-order valence-corrected chi connectivity index (χ1v) is 6.06. The second-order valence-corrected chi connectivity index (χ2v) is 5.00. The van der Waals surface area contributed by atoms with Crippen molar-refractivity contribution in [1.29, 1.82) is 0 Å². The normalized spacial score (nSPS) is 11.1. The van der Waals surface area contributed by atoms with Gasteiger partial charge < -0.3 is 10.2 Å². The summed E-state index contributed by atoms with van der Waals surface area (Å²) in [6, 6.07) is 8.56. The van der Waals surface area contributed by atoms with E-state index in [4.69, 9.17) is 0 Å². The topological polar surface area (TPSA) is 15.3 Å². The third-order valence-electron chi connectivity index (χ3n) is 2.54. The van der Waals surface area contributed by atoms with E-state index in [2.05, 4.69) is 62.4 Å². The van der Waals surface area contributed by atoms with Crippen molar-refractivity contribution >= 4 is 5.69 Å². The van der Waals surface area contributed by atoms with Crippen molar-refractivity contribution in [2.45, 2.75) is 26.8 Å². The first-order chi connectivity index (χ1) is 7.59. The van der Waals surface area contributed by atoms with Crippen LogP contribution >= 0.6 is 0 Å². The SMILES string of the molecule is CC(C)CCNc1ccccc1CN(C)C. The number of benzene rings is 1. The molecule has 1 aromatic rings. The standard InChI is InChI=1S/C14H24N2/c1-12(2)9-10-15-14-8-6-5-7-13(14)11-16(3)4/h5-8,12,15H,9-11H2,1-4H3. The summed E-state index contributed by atoms with van der Waals surface area (Å²) in [6.07, 6.45) is 1.22. The van der Waals surface area contributed by atoms with E-state index in [1.807, 2.05) is 0 Å². The number of nitrogens with zero attached hydrogens (tertiary/aromatic N) is 1. The van der Waals surface area contributed by atoms with Gasteiger partial charge in [-0.1, -0.05) is 32.0 Å². The van der Waals surface area contributed by atoms with Gasteiger partial charge in [-0.2, -0.15) is 0 Å². The van der Waals surface area contributed by atoms with Crippen LogP contribution in [0.25, 0.3) is 0 Å². The molecule has 0 saturated carbocycles. The van der Waals surface area contributed by atoms with Gasteiger partial charge in [0.05, 0.1) is 0 Å². The molecule has 0 bridgehead atoms. The van der Waals surface area contributed by atoms with E-state index in [0.29, 0.717) is 0 Å². The van der Waals surface area contributed by atoms with E-state index in [1.54, 1.807) is 0 Å². The molecule has 2 heteroatoms. The average molecular weight is 220 g/mol. The maximum Gasteiger partial charge on any atom is 0.0385 e. The van der Waals surface area contributed by atoms with Gasteiger partial charge in [-0.3, -0.25) is 0 Å². The van der Waals surface area contributed by atoms with Crippen LogP contribution in [0.15, 0.2) is 24.3 Å². The average Bonchev–Trinajstić information content (AvgIpc) is 2.19. The van der Waals surface area contributed by atoms with Crippen molar-refractivity contribution in [3.8, 4) is 0 Å². The molecule has 2 nitrogen and oxygen atoms in total. The molecule has 0 spiro atoms. The zero-order chi connectivity index (χ0) is 12.0. The molecule has 1 aromatic carbocycles. The number of rotatable bonds is 6. The third kappa shape index (κ3) is 4.67. The molecular formula is C14H24N2. The van der Waals surface area contributed by atoms with Gasteiger partial charge in [0.15, 0.2) is 0 Å². The summed E-state index contributed by atoms with van der Waals surface area (Å²) in [4.78, 5) is 2.20. The second-order valence-electron chi connectivity index (χ2n) is 5.00. The quantitative estimate of drug-likeness (QED) is 0.792. The van der Waals surface area contributed by atoms with Gasteiger partial charge in [0, 0.05) is 18.8 Å². The Morgan fingerprint density at radius 2 is 1.88 bits per heavy atom. The minimum Gasteiger partial charge on any atom is -0.385 e. The Balaban J connectivity index is 2.56. The molecule has 0 atom stereocenters. The van der Waals surface area contributed by atoms with Gasteiger partial charge in [-0.05, 0) is 38.1 Å². The molecule has 0 heterocycles. The van der Waals surface area contributed by atoms with Gasteiger partial charge in [0.1, 0.15) is 0 Å². The Kier molecular flexibility index (Phi) is 5.33. The minimum atomic E-state index is 0.758. The predicted octanol–water partition coefficient (Wildman–Crippen LogP) is 3.21. The van der Waals surface area contributed by atoms with Crippen molar-refractivity contribution in [3.63, 3.8) is 0 Å². The lowest BCUT2D eigenvalue weighted by Gasteiger charge is -2.16. The van der Waals surface area contributed by atoms with Crippen LogP contribution in [-0.2, 0) is 6.54 Å². The van der Waals surface area contributed by atoms with E-state index >= 15 is 0 Å². The molecule has 0 aromatic heterocycles. The smallest absolute Gasteiger partial charge is 0.0385 e. The Morgan fingerprint density at radius 3 is 2.50 bits per heavy atom. The number of hydrogen-bond donors (Lipinski definition) is 1. The van der Waals surface area contributed by atoms with Crippen LogP contribution < -0.4 is 5.32 Å². The van der Waals surface area contributed by atoms with Crippen LogP contribution in [-0.4, -0.2) is 25.5 Å². The lowest BCUT2D eigenvalue weighted by Crippen LogP contribution is -2.13. The zero-order valence-corrected chi connectivity index (χ0v) is 11.0. The fourth-order valence-electron chi connectivity index (χ4n) is 1.67. The fraction of sp³-hybridized carbons (Fsp3) is 0.571. The molecule has 0 fully saturated rings. The number of hydrogen-bond acceptors (Lipinski definition) is 2. The molecule has 0 unspecified atom stereocenters. The van der Waals surface area contributed by atoms with E-state index in [0.717, 1.165) is 19.0 Å². The highest BCUT2D eigenvalue weighted by Crippen LogP contribution is 2.16. The summed E-state index contributed by atoms with van der Waals surface area (Å²) in [5.41, 5.74) is 2.65. The summed E-state index contributed by atoms with van der Waals surface area (Å²) in [7, 11) is 4.20. The molecule has 1 rings (SSSR count). The van der Waals surface area contributed by atoms with Crippen LogP contribution in [0, 0.1) is 5.92 Å². The monoisotopic (exact) mass is 220 g/mol. The molecule has 90 valence electrons. The van der Waals surface area contributed by atoms with Crippen molar-refractivity contribution in [3.05, 3.63) is 29.8 Å². The Labute approximate surface area is 99.7 Å². The zero-order valence-electron chi connectivity index (χ0n) is 11.0. The molecule has 0 aliphatic carbocycles. The van der Waals surface area contributed by atoms with Crippen molar-refractivity contribution in [2.75, 3.05) is 26.0 Å². The summed E-state index contributed by atoms with van der Waals surface area (Å²) in [6.45, 7) is 6.56. The summed E-state index contributed by atoms with van der Waals surface area (Å²) in [5.74, 6) is 0.758. The first-order valence-electron chi connectivity index (χ1n) is 6.06. The van der Waals surface area contributed by atoms with Crippen molar-refractivity contribution in [2.24, 2.45) is 5.92 Å². The van der Waals surface area contributed by atoms with Crippen LogP contribution in [0.3, 0.4) is 0 Å². The molecular weight excluding hydrogens is 196 g/mol. The van der Waals surface area contributed by atoms with E-state index < -0.39 is 0 Å². The Morgan fingerprint density at radius 1 is 1.19 bits per heavy atom. The van der Waals surface area contributed by atoms with Crippen LogP contribution in [0.5, 0.6) is 0 Å². The molecule has 1 N–H and O–H groups in total. The highest BCUT2D eigenvalue weighted by atomic mass is 15.1. The van der Waals surface area contributed by atoms with Crippen LogP contribution in [0.4, 0.5) is 5.69 Å². The van der Waals surface area contributed by atoms with Crippen molar-refractivity contribution in [1.82, 2.24) is 4.90 Å². The highest BCUT2D eigenvalue weighted by Gasteiger charge is 2.02. The molecule has 0 radical (unpaired) electrons. The second kappa shape index (κ2) is 6.54. The number of anilines is 1. The molecule has 0 aliphatic rings. The highest BCUT2D eigenvalue weighted by molar-refractivity contribution is 5.50. The maximum atomic E-state index is 3.52. The Bertz CT molecular complexity index is 305. The predicted molar refractivity (Wildman–Crippen MR) is 71.8 cm³/mol. The molecule has 16 heavy (non-hydrogen) atoms. The van der Waals surface area contributed by atoms with Gasteiger partial charge >= 0.3 is 0 Å². The first kappa shape index (κ1) is 13.0. The van der Waals surface area contributed by atoms with E-state index in [-0.39, 0.29) is 0 Å². The van der Waals surface area contributed by atoms with Crippen LogP contribution in [0.2, 0.25) is 0 Å². The van der Waals surface area contributed by atoms with E-state index in [9.17, 15) is 0 Å². The number of nitrogens with one attached hydrogen (secondary N) is 1. The molecule has 0 aliphatic heterocycles. The largest absolute Gasteiger partial charge is 0.385 e. The summed E-state index contributed by atoms with van der Waals surface area (Å²) < 4.78 is 0. The van der Waals surface area contributed by atoms with Gasteiger partial charge in [0.2, 0.25) is 0 Å². The van der Waals surface area contributed by atoms with Crippen molar-refractivity contribution < 1.29 is 0 Å². The Hall–Kier alpha value is -1.02. The summed E-state index contributed by atoms with van der Waals surface area (Å²) in [5, 5.41) is 3.52. The lowest BCUT2D eigenvalue weighted by molar-refractivity contribution is 0.403. The van der Waals surface area contributed by atoms with Gasteiger partial charge in [0.25, 0.3) is 0 Å².